The highest BCUT2D eigenvalue weighted by Gasteiger charge is 2.21. The van der Waals surface area contributed by atoms with Crippen LogP contribution in [0.3, 0.4) is 0 Å². The molecule has 2 aromatic rings. The van der Waals surface area contributed by atoms with Crippen molar-refractivity contribution in [1.29, 1.82) is 0 Å². The molecule has 1 amide bonds. The Morgan fingerprint density at radius 3 is 3.00 bits per heavy atom. The number of ether oxygens (including phenoxy) is 3. The normalized spacial score (nSPS) is 17.9. The topological polar surface area (TPSA) is 56.8 Å². The van der Waals surface area contributed by atoms with E-state index in [0.29, 0.717) is 17.2 Å². The summed E-state index contributed by atoms with van der Waals surface area (Å²) < 4.78 is 16.1. The molecule has 1 N–H and O–H groups in total. The van der Waals surface area contributed by atoms with Gasteiger partial charge in [-0.05, 0) is 42.5 Å². The molecule has 5 nitrogen and oxygen atoms in total. The quantitative estimate of drug-likeness (QED) is 0.939. The first-order chi connectivity index (χ1) is 11.8. The minimum absolute atomic E-state index is 0.0156. The summed E-state index contributed by atoms with van der Waals surface area (Å²) in [4.78, 5) is 12.2. The third-order valence-electron chi connectivity index (χ3n) is 4.42. The summed E-state index contributed by atoms with van der Waals surface area (Å²) in [7, 11) is 0. The van der Waals surface area contributed by atoms with Crippen molar-refractivity contribution >= 4 is 5.91 Å². The molecule has 0 fully saturated rings. The number of hydrogen-bond donors (Lipinski definition) is 1. The molecular formula is C19H19NO4. The molecule has 2 aliphatic rings. The average molecular weight is 325 g/mol. The van der Waals surface area contributed by atoms with Crippen LogP contribution in [0.15, 0.2) is 42.5 Å². The van der Waals surface area contributed by atoms with Crippen LogP contribution in [0, 0.1) is 0 Å². The first kappa shape index (κ1) is 14.9. The predicted octanol–water partition coefficient (Wildman–Crippen LogP) is 2.99. The van der Waals surface area contributed by atoms with Gasteiger partial charge in [0.05, 0.1) is 6.04 Å². The highest BCUT2D eigenvalue weighted by atomic mass is 16.7. The molecule has 0 saturated heterocycles. The lowest BCUT2D eigenvalue weighted by atomic mass is 9.88. The largest absolute Gasteiger partial charge is 0.484 e. The van der Waals surface area contributed by atoms with E-state index in [2.05, 4.69) is 17.4 Å². The number of hydrogen-bond acceptors (Lipinski definition) is 4. The summed E-state index contributed by atoms with van der Waals surface area (Å²) in [6.07, 6.45) is 3.13. The average Bonchev–Trinajstić information content (AvgIpc) is 3.08. The van der Waals surface area contributed by atoms with Crippen molar-refractivity contribution in [3.8, 4) is 17.2 Å². The van der Waals surface area contributed by atoms with Crippen molar-refractivity contribution in [3.63, 3.8) is 0 Å². The van der Waals surface area contributed by atoms with Crippen LogP contribution in [-0.4, -0.2) is 19.3 Å². The first-order valence-corrected chi connectivity index (χ1v) is 8.19. The number of amides is 1. The van der Waals surface area contributed by atoms with E-state index in [4.69, 9.17) is 14.2 Å². The second-order valence-corrected chi connectivity index (χ2v) is 6.01. The summed E-state index contributed by atoms with van der Waals surface area (Å²) in [5.74, 6) is 1.83. The van der Waals surface area contributed by atoms with Crippen LogP contribution < -0.4 is 19.5 Å². The van der Waals surface area contributed by atoms with Crippen LogP contribution >= 0.6 is 0 Å². The standard InChI is InChI=1S/C19H19NO4/c21-19(11-22-14-8-9-17-18(10-14)24-12-23-17)20-16-7-3-5-13-4-1-2-6-15(13)16/h1-2,4,6,8-10,16H,3,5,7,11-12H2,(H,20,21)/t16-/m0/s1. The van der Waals surface area contributed by atoms with E-state index in [0.717, 1.165) is 19.3 Å². The van der Waals surface area contributed by atoms with Gasteiger partial charge >= 0.3 is 0 Å². The molecule has 1 aliphatic carbocycles. The number of fused-ring (bicyclic) bond motifs is 2. The van der Waals surface area contributed by atoms with E-state index in [9.17, 15) is 4.79 Å². The number of nitrogens with one attached hydrogen (secondary N) is 1. The summed E-state index contributed by atoms with van der Waals surface area (Å²) in [5, 5.41) is 3.08. The van der Waals surface area contributed by atoms with E-state index >= 15 is 0 Å². The second-order valence-electron chi connectivity index (χ2n) is 6.01. The minimum atomic E-state index is -0.116. The first-order valence-electron chi connectivity index (χ1n) is 8.19. The smallest absolute Gasteiger partial charge is 0.258 e. The maximum Gasteiger partial charge on any atom is 0.258 e. The number of carbonyl (C=O) groups is 1. The third-order valence-corrected chi connectivity index (χ3v) is 4.42. The summed E-state index contributed by atoms with van der Waals surface area (Å²) >= 11 is 0. The van der Waals surface area contributed by atoms with Gasteiger partial charge in [0.15, 0.2) is 18.1 Å². The van der Waals surface area contributed by atoms with E-state index in [1.807, 2.05) is 12.1 Å². The van der Waals surface area contributed by atoms with Crippen molar-refractivity contribution in [3.05, 3.63) is 53.6 Å². The van der Waals surface area contributed by atoms with Crippen LogP contribution in [-0.2, 0) is 11.2 Å². The van der Waals surface area contributed by atoms with Gasteiger partial charge < -0.3 is 19.5 Å². The zero-order valence-corrected chi connectivity index (χ0v) is 13.3. The van der Waals surface area contributed by atoms with Crippen molar-refractivity contribution < 1.29 is 19.0 Å². The molecule has 0 aromatic heterocycles. The molecule has 1 atom stereocenters. The van der Waals surface area contributed by atoms with E-state index < -0.39 is 0 Å². The molecule has 24 heavy (non-hydrogen) atoms. The van der Waals surface area contributed by atoms with Crippen LogP contribution in [0.2, 0.25) is 0 Å². The van der Waals surface area contributed by atoms with Crippen molar-refractivity contribution in [1.82, 2.24) is 5.32 Å². The Balaban J connectivity index is 1.36. The minimum Gasteiger partial charge on any atom is -0.484 e. The molecule has 0 unspecified atom stereocenters. The molecule has 0 radical (unpaired) electrons. The summed E-state index contributed by atoms with van der Waals surface area (Å²) in [6, 6.07) is 13.7. The summed E-state index contributed by atoms with van der Waals surface area (Å²) in [6.45, 7) is 0.207. The molecule has 5 heteroatoms. The number of aryl methyl sites for hydroxylation is 1. The van der Waals surface area contributed by atoms with Crippen LogP contribution in [0.5, 0.6) is 17.2 Å². The molecule has 124 valence electrons. The molecular weight excluding hydrogens is 306 g/mol. The van der Waals surface area contributed by atoms with Gasteiger partial charge in [-0.2, -0.15) is 0 Å². The maximum atomic E-state index is 12.2. The Hall–Kier alpha value is -2.69. The fraction of sp³-hybridized carbons (Fsp3) is 0.316. The molecule has 1 heterocycles. The van der Waals surface area contributed by atoms with Gasteiger partial charge in [-0.15, -0.1) is 0 Å². The molecule has 1 aliphatic heterocycles. The molecule has 0 saturated carbocycles. The predicted molar refractivity (Wildman–Crippen MR) is 88.3 cm³/mol. The molecule has 0 spiro atoms. The highest BCUT2D eigenvalue weighted by Crippen LogP contribution is 2.35. The molecule has 0 bridgehead atoms. The number of carbonyl (C=O) groups excluding carboxylic acids is 1. The van der Waals surface area contributed by atoms with E-state index in [1.165, 1.54) is 11.1 Å². The second kappa shape index (κ2) is 6.43. The van der Waals surface area contributed by atoms with Gasteiger partial charge in [-0.3, -0.25) is 4.79 Å². The Kier molecular flexibility index (Phi) is 3.99. The van der Waals surface area contributed by atoms with Crippen LogP contribution in [0.1, 0.15) is 30.0 Å². The Bertz CT molecular complexity index is 759. The van der Waals surface area contributed by atoms with Gasteiger partial charge in [0, 0.05) is 6.07 Å². The fourth-order valence-electron chi connectivity index (χ4n) is 3.26. The van der Waals surface area contributed by atoms with Gasteiger partial charge in [-0.1, -0.05) is 24.3 Å². The third kappa shape index (κ3) is 3.02. The fourth-order valence-corrected chi connectivity index (χ4v) is 3.26. The zero-order valence-electron chi connectivity index (χ0n) is 13.3. The Labute approximate surface area is 140 Å². The highest BCUT2D eigenvalue weighted by molar-refractivity contribution is 5.78. The molecule has 4 rings (SSSR count). The van der Waals surface area contributed by atoms with Crippen molar-refractivity contribution in [2.45, 2.75) is 25.3 Å². The lowest BCUT2D eigenvalue weighted by molar-refractivity contribution is -0.124. The van der Waals surface area contributed by atoms with Gasteiger partial charge in [0.1, 0.15) is 5.75 Å². The van der Waals surface area contributed by atoms with Crippen LogP contribution in [0.4, 0.5) is 0 Å². The Morgan fingerprint density at radius 2 is 2.04 bits per heavy atom. The van der Waals surface area contributed by atoms with Gasteiger partial charge in [0.25, 0.3) is 5.91 Å². The Morgan fingerprint density at radius 1 is 1.17 bits per heavy atom. The number of benzene rings is 2. The molecule has 2 aromatic carbocycles. The zero-order chi connectivity index (χ0) is 16.4. The lowest BCUT2D eigenvalue weighted by Crippen LogP contribution is -2.34. The monoisotopic (exact) mass is 325 g/mol. The lowest BCUT2D eigenvalue weighted by Gasteiger charge is -2.26. The van der Waals surface area contributed by atoms with Crippen molar-refractivity contribution in [2.24, 2.45) is 0 Å². The number of rotatable bonds is 4. The van der Waals surface area contributed by atoms with E-state index in [-0.39, 0.29) is 25.3 Å². The van der Waals surface area contributed by atoms with Gasteiger partial charge in [-0.25, -0.2) is 0 Å². The maximum absolute atomic E-state index is 12.2. The van der Waals surface area contributed by atoms with Crippen molar-refractivity contribution in [2.75, 3.05) is 13.4 Å². The van der Waals surface area contributed by atoms with E-state index in [1.54, 1.807) is 18.2 Å². The SMILES string of the molecule is O=C(COc1ccc2c(c1)OCO2)N[C@H]1CCCc2ccccc21. The van der Waals surface area contributed by atoms with Crippen LogP contribution in [0.25, 0.3) is 0 Å². The van der Waals surface area contributed by atoms with Gasteiger partial charge in [0.2, 0.25) is 6.79 Å². The summed E-state index contributed by atoms with van der Waals surface area (Å²) in [5.41, 5.74) is 2.55.